The number of hydrogen-bond acceptors (Lipinski definition) is 26. The molecule has 4 fully saturated rings. The van der Waals surface area contributed by atoms with Crippen LogP contribution >= 0.6 is 54.9 Å². The van der Waals surface area contributed by atoms with Gasteiger partial charge in [-0.2, -0.15) is 11.8 Å². The molecule has 0 spiro atoms. The van der Waals surface area contributed by atoms with Gasteiger partial charge >= 0.3 is 5.97 Å². The van der Waals surface area contributed by atoms with Gasteiger partial charge in [-0.25, -0.2) is 4.98 Å². The molecule has 100 heavy (non-hydrogen) atoms. The first-order valence-corrected chi connectivity index (χ1v) is 38.2. The zero-order valence-corrected chi connectivity index (χ0v) is 59.2. The van der Waals surface area contributed by atoms with Gasteiger partial charge in [0.25, 0.3) is 0 Å². The smallest absolute Gasteiger partial charge is 0.305 e. The Morgan fingerprint density at radius 3 is 1.62 bits per heavy atom. The van der Waals surface area contributed by atoms with Crippen LogP contribution in [-0.2, 0) is 83.1 Å². The molecule has 4 aliphatic heterocycles. The standard InChI is InChI=1S/C57H88N18O20S5/c1-26(2)43-55(93)72-38-24-100-98-22-36(63-41(79)16-58)50(88)71-37(51(89)68-33(19-77)49(87)66-31(14-28-17-60-25-61-28)56(94)74-11-6-10-40(74)54(92)73-43)23-99-97-21-35(44(59)82)70-47(85)30(15-42(80)81)65-53(91)39-9-5-12-75(39)57(95)34(20-78)69-46(84)29(8-7-13-96-4)64-45(83)27(3)62-48(86)32(18-76)67-52(38)90/h17,25-27,29-40,43,76-78H,5-16,18-24,58H2,1-4H3,(H2,59,82)(H,60,61)(H,62,86)(H,63,79)(H,64,83)(H,65,91)(H,66,87)(H,67,90)(H,68,89)(H,69,84)(H,70,85)(H,71,88)(H,72,93)(H,73,92)(H,80,81)/t27-,29-,30-,31-,32-,33-,34-,35-,36-,37-,38-,39-,40-,43-/m0/s1. The number of hydrogen-bond donors (Lipinski definition) is 19. The first-order valence-electron chi connectivity index (χ1n) is 31.8. The monoisotopic (exact) mass is 1500 g/mol. The zero-order valence-electron chi connectivity index (χ0n) is 55.1. The number of nitrogens with two attached hydrogens (primary N) is 2. The second-order valence-corrected chi connectivity index (χ2v) is 29.9. The number of imidazole rings is 1. The second-order valence-electron chi connectivity index (χ2n) is 23.8. The van der Waals surface area contributed by atoms with Gasteiger partial charge in [0, 0.05) is 54.4 Å². The number of aliphatic carboxylic acids is 1. The molecule has 0 radical (unpaired) electrons. The predicted octanol–water partition coefficient (Wildman–Crippen LogP) is -8.74. The Bertz CT molecular complexity index is 3110. The van der Waals surface area contributed by atoms with Crippen LogP contribution in [0, 0.1) is 5.92 Å². The Balaban J connectivity index is 1.62. The van der Waals surface area contributed by atoms with Gasteiger partial charge in [0.1, 0.15) is 84.6 Å². The Morgan fingerprint density at radius 2 is 1.09 bits per heavy atom. The molecule has 21 N–H and O–H groups in total. The fraction of sp³-hybridized carbons (Fsp3) is 0.667. The van der Waals surface area contributed by atoms with E-state index in [1.807, 2.05) is 0 Å². The van der Waals surface area contributed by atoms with Gasteiger partial charge in [-0.1, -0.05) is 57.0 Å². The summed E-state index contributed by atoms with van der Waals surface area (Å²) in [5, 5.41) is 70.9. The fourth-order valence-corrected chi connectivity index (χ4v) is 15.7. The van der Waals surface area contributed by atoms with E-state index in [1.165, 1.54) is 36.1 Å². The summed E-state index contributed by atoms with van der Waals surface area (Å²) in [6, 6.07) is -22.7. The molecule has 5 rings (SSSR count). The van der Waals surface area contributed by atoms with E-state index in [4.69, 9.17) is 11.5 Å². The molecule has 0 unspecified atom stereocenters. The third-order valence-corrected chi connectivity index (χ3v) is 21.6. The molecule has 43 heteroatoms. The number of aliphatic hydroxyl groups excluding tert-OH is 3. The summed E-state index contributed by atoms with van der Waals surface area (Å²) in [5.74, 6) is -19.3. The number of nitrogens with zero attached hydrogens (tertiary/aromatic N) is 3. The summed E-state index contributed by atoms with van der Waals surface area (Å²) in [6.07, 6.45) is 3.73. The van der Waals surface area contributed by atoms with E-state index < -0.39 is 241 Å². The second kappa shape index (κ2) is 41.3. The third-order valence-electron chi connectivity index (χ3n) is 16.1. The highest BCUT2D eigenvalue weighted by Crippen LogP contribution is 2.27. The first kappa shape index (κ1) is 83.0. The van der Waals surface area contributed by atoms with Crippen LogP contribution in [0.3, 0.4) is 0 Å². The molecule has 4 saturated heterocycles. The van der Waals surface area contributed by atoms with E-state index in [9.17, 15) is 97.1 Å². The summed E-state index contributed by atoms with van der Waals surface area (Å²) in [6.45, 7) is 0.234. The number of aliphatic hydroxyl groups is 3. The van der Waals surface area contributed by atoms with Gasteiger partial charge in [-0.15, -0.1) is 0 Å². The molecule has 0 saturated carbocycles. The number of aromatic nitrogens is 2. The van der Waals surface area contributed by atoms with Gasteiger partial charge in [-0.05, 0) is 63.4 Å². The predicted molar refractivity (Wildman–Crippen MR) is 365 cm³/mol. The van der Waals surface area contributed by atoms with E-state index >= 15 is 0 Å². The van der Waals surface area contributed by atoms with Crippen LogP contribution in [-0.4, -0.2) is 294 Å². The van der Waals surface area contributed by atoms with Crippen LogP contribution in [0.4, 0.5) is 0 Å². The molecule has 0 aromatic carbocycles. The number of nitrogens with one attached hydrogen (secondary N) is 13. The minimum atomic E-state index is -1.93. The lowest BCUT2D eigenvalue weighted by Crippen LogP contribution is -2.62. The average molecular weight is 1510 g/mol. The van der Waals surface area contributed by atoms with Crippen molar-refractivity contribution >= 4 is 150 Å². The molecule has 5 heterocycles. The van der Waals surface area contributed by atoms with Gasteiger partial charge < -0.3 is 110 Å². The molecule has 14 atom stereocenters. The number of carbonyl (C=O) groups excluding carboxylic acids is 15. The summed E-state index contributed by atoms with van der Waals surface area (Å²) in [4.78, 5) is 232. The van der Waals surface area contributed by atoms with Crippen LogP contribution in [0.5, 0.6) is 0 Å². The number of primary amides is 1. The van der Waals surface area contributed by atoms with Crippen LogP contribution in [0.2, 0.25) is 0 Å². The molecular weight excluding hydrogens is 1420 g/mol. The fourth-order valence-electron chi connectivity index (χ4n) is 10.6. The topological polar surface area (TPSA) is 586 Å². The first-order chi connectivity index (χ1) is 47.5. The normalized spacial score (nSPS) is 28.8. The number of fused-ring (bicyclic) bond motifs is 10. The number of carboxylic acids is 1. The summed E-state index contributed by atoms with van der Waals surface area (Å²) in [7, 11) is 3.16. The van der Waals surface area contributed by atoms with Crippen molar-refractivity contribution in [3.63, 3.8) is 0 Å². The van der Waals surface area contributed by atoms with Crippen molar-refractivity contribution < 1.29 is 97.1 Å². The minimum absolute atomic E-state index is 0.0324. The average Bonchev–Trinajstić information content (AvgIpc) is 1.62. The molecule has 4 aliphatic rings. The SMILES string of the molecule is CSCCC[C@@H]1NC(=O)[C@H](C)NC(=O)[C@H](CO)NC(=O)[C@@H]2CSSC[C@H](NC(=O)CN)C(=O)N[C@@H](CSSC[C@@H](C(N)=O)NC(=O)[C@H](CC(=O)O)NC(=O)[C@@H]3CCCN3C(=O)[C@H](CO)NC1=O)C(=O)N[C@@H](CO)C(=O)N[C@@H](Cc1cnc[nH]1)C(=O)N1CCC[C@H]1C(=O)N[C@@H](C(C)C)C(=O)N2. The van der Waals surface area contributed by atoms with Crippen molar-refractivity contribution in [3.8, 4) is 0 Å². The number of aromatic amines is 1. The van der Waals surface area contributed by atoms with Crippen molar-refractivity contribution in [3.05, 3.63) is 18.2 Å². The van der Waals surface area contributed by atoms with Gasteiger partial charge in [0.15, 0.2) is 0 Å². The van der Waals surface area contributed by atoms with Crippen LogP contribution < -0.4 is 75.3 Å². The highest BCUT2D eigenvalue weighted by Gasteiger charge is 2.44. The van der Waals surface area contributed by atoms with Crippen LogP contribution in [0.25, 0.3) is 0 Å². The number of rotatable bonds is 15. The van der Waals surface area contributed by atoms with Gasteiger partial charge in [0.05, 0.1) is 39.1 Å². The highest BCUT2D eigenvalue weighted by atomic mass is 33.1. The zero-order chi connectivity index (χ0) is 73.9. The number of carboxylic acid groups (broad SMARTS) is 1. The Labute approximate surface area is 594 Å². The van der Waals surface area contributed by atoms with Crippen molar-refractivity contribution in [1.29, 1.82) is 0 Å². The molecular formula is C57H88N18O20S5. The summed E-state index contributed by atoms with van der Waals surface area (Å²) in [5.41, 5.74) is 11.7. The van der Waals surface area contributed by atoms with Crippen molar-refractivity contribution in [2.24, 2.45) is 17.4 Å². The minimum Gasteiger partial charge on any atom is -0.481 e. The van der Waals surface area contributed by atoms with E-state index in [-0.39, 0.29) is 51.6 Å². The molecule has 2 bridgehead atoms. The molecule has 556 valence electrons. The lowest BCUT2D eigenvalue weighted by atomic mass is 10.0. The largest absolute Gasteiger partial charge is 0.481 e. The van der Waals surface area contributed by atoms with E-state index in [0.29, 0.717) is 17.9 Å². The van der Waals surface area contributed by atoms with Crippen molar-refractivity contribution in [1.82, 2.24) is 83.6 Å². The van der Waals surface area contributed by atoms with Crippen molar-refractivity contribution in [2.75, 3.05) is 74.5 Å². The van der Waals surface area contributed by atoms with E-state index in [0.717, 1.165) is 48.1 Å². The van der Waals surface area contributed by atoms with Gasteiger partial charge in [0.2, 0.25) is 88.6 Å². The van der Waals surface area contributed by atoms with E-state index in [1.54, 1.807) is 20.1 Å². The maximum Gasteiger partial charge on any atom is 0.305 e. The van der Waals surface area contributed by atoms with E-state index in [2.05, 4.69) is 73.8 Å². The van der Waals surface area contributed by atoms with Crippen LogP contribution in [0.1, 0.15) is 71.4 Å². The number of carbonyl (C=O) groups is 16. The quantitative estimate of drug-likeness (QED) is 0.0573. The Kier molecular flexibility index (Phi) is 34.3. The highest BCUT2D eigenvalue weighted by molar-refractivity contribution is 8.77. The number of thioether (sulfide) groups is 1. The maximum atomic E-state index is 14.7. The molecule has 1 aromatic rings. The lowest BCUT2D eigenvalue weighted by molar-refractivity contribution is -0.144. The lowest BCUT2D eigenvalue weighted by Gasteiger charge is -2.31. The Hall–Kier alpha value is -7.68. The molecule has 38 nitrogen and oxygen atoms in total. The summed E-state index contributed by atoms with van der Waals surface area (Å²) < 4.78 is 0. The maximum absolute atomic E-state index is 14.7. The molecule has 0 aliphatic carbocycles. The van der Waals surface area contributed by atoms with Gasteiger partial charge in [-0.3, -0.25) is 76.7 Å². The van der Waals surface area contributed by atoms with Crippen LogP contribution in [0.15, 0.2) is 12.5 Å². The molecule has 1 aromatic heterocycles. The summed E-state index contributed by atoms with van der Waals surface area (Å²) >= 11 is 1.40. The third kappa shape index (κ3) is 24.8. The number of H-pyrrole nitrogens is 1. The van der Waals surface area contributed by atoms with Crippen molar-refractivity contribution in [2.45, 2.75) is 157 Å². The number of amides is 15. The Morgan fingerprint density at radius 1 is 0.600 bits per heavy atom. The molecule has 15 amide bonds.